The van der Waals surface area contributed by atoms with Gasteiger partial charge in [-0.05, 0) is 67.5 Å². The van der Waals surface area contributed by atoms with Crippen LogP contribution in [0.4, 0.5) is 0 Å². The highest BCUT2D eigenvalue weighted by Gasteiger charge is 2.48. The number of nitrogens with zero attached hydrogens (tertiary/aromatic N) is 3. The molecule has 6 rings (SSSR count). The fourth-order valence-corrected chi connectivity index (χ4v) is 7.03. The van der Waals surface area contributed by atoms with Crippen molar-refractivity contribution in [3.05, 3.63) is 89.9 Å². The topological polar surface area (TPSA) is 146 Å². The maximum atomic E-state index is 13.7. The average molecular weight is 711 g/mol. The minimum Gasteiger partial charge on any atom is -0.493 e. The van der Waals surface area contributed by atoms with E-state index in [1.165, 1.54) is 32.6 Å². The third-order valence-corrected chi connectivity index (χ3v) is 9.62. The quantitative estimate of drug-likeness (QED) is 0.211. The lowest BCUT2D eigenvalue weighted by molar-refractivity contribution is -0.139. The summed E-state index contributed by atoms with van der Waals surface area (Å²) < 4.78 is 11.3. The molecule has 3 atom stereocenters. The minimum absolute atomic E-state index is 0.0535. The highest BCUT2D eigenvalue weighted by Crippen LogP contribution is 2.37. The van der Waals surface area contributed by atoms with Crippen molar-refractivity contribution in [1.29, 1.82) is 0 Å². The molecule has 4 amide bonds. The Balaban J connectivity index is 0.000000507. The number of likely N-dealkylation sites (tertiary alicyclic amines) is 2. The number of aromatic nitrogens is 2. The number of methoxy groups -OCH3 is 1. The minimum atomic E-state index is -0.575. The van der Waals surface area contributed by atoms with Gasteiger partial charge in [-0.3, -0.25) is 24.2 Å². The molecule has 0 saturated carbocycles. The van der Waals surface area contributed by atoms with Crippen LogP contribution in [0, 0.1) is 17.8 Å². The molecule has 4 heterocycles. The molecule has 2 aromatic carbocycles. The van der Waals surface area contributed by atoms with Gasteiger partial charge in [0.1, 0.15) is 0 Å². The number of rotatable bonds is 11. The van der Waals surface area contributed by atoms with E-state index in [0.29, 0.717) is 36.7 Å². The zero-order chi connectivity index (χ0) is 37.2. The fraction of sp³-hybridized carbons (Fsp3) is 0.425. The van der Waals surface area contributed by atoms with Crippen molar-refractivity contribution in [3.8, 4) is 11.5 Å². The van der Waals surface area contributed by atoms with E-state index < -0.39 is 5.92 Å². The molecule has 0 radical (unpaired) electrons. The van der Waals surface area contributed by atoms with Crippen molar-refractivity contribution in [2.24, 2.45) is 17.8 Å². The molecule has 0 spiro atoms. The number of hydrogen-bond acceptors (Lipinski definition) is 7. The molecular formula is C40H50N6O6. The Morgan fingerprint density at radius 3 is 2.46 bits per heavy atom. The van der Waals surface area contributed by atoms with E-state index in [2.05, 4.69) is 57.9 Å². The molecule has 2 fully saturated rings. The first kappa shape index (κ1) is 37.9. The summed E-state index contributed by atoms with van der Waals surface area (Å²) in [6.07, 6.45) is 7.78. The maximum Gasteiger partial charge on any atom is 0.254 e. The maximum absolute atomic E-state index is 13.7. The van der Waals surface area contributed by atoms with Gasteiger partial charge in [0, 0.05) is 56.6 Å². The van der Waals surface area contributed by atoms with Crippen LogP contribution in [0.25, 0.3) is 10.9 Å². The molecule has 3 unspecified atom stereocenters. The Labute approximate surface area is 305 Å². The van der Waals surface area contributed by atoms with E-state index >= 15 is 0 Å². The van der Waals surface area contributed by atoms with Crippen LogP contribution >= 0.6 is 0 Å². The summed E-state index contributed by atoms with van der Waals surface area (Å²) >= 11 is 0. The highest BCUT2D eigenvalue weighted by atomic mass is 16.5. The van der Waals surface area contributed by atoms with Crippen LogP contribution in [0.1, 0.15) is 48.7 Å². The van der Waals surface area contributed by atoms with Gasteiger partial charge in [-0.25, -0.2) is 0 Å². The van der Waals surface area contributed by atoms with Crippen molar-refractivity contribution >= 4 is 34.5 Å². The highest BCUT2D eigenvalue weighted by molar-refractivity contribution is 5.95. The number of aromatic amines is 1. The molecule has 2 saturated heterocycles. The predicted octanol–water partition coefficient (Wildman–Crippen LogP) is 4.25. The monoisotopic (exact) mass is 710 g/mol. The smallest absolute Gasteiger partial charge is 0.254 e. The Hall–Kier alpha value is -5.39. The van der Waals surface area contributed by atoms with Crippen LogP contribution in [0.3, 0.4) is 0 Å². The van der Waals surface area contributed by atoms with Crippen LogP contribution in [0.15, 0.2) is 73.2 Å². The van der Waals surface area contributed by atoms with E-state index in [9.17, 15) is 19.2 Å². The average Bonchev–Trinajstić information content (AvgIpc) is 3.78. The van der Waals surface area contributed by atoms with Gasteiger partial charge >= 0.3 is 0 Å². The largest absolute Gasteiger partial charge is 0.493 e. The number of benzene rings is 2. The number of piperidine rings is 1. The zero-order valence-electron chi connectivity index (χ0n) is 30.7. The van der Waals surface area contributed by atoms with Crippen molar-refractivity contribution in [2.75, 3.05) is 46.9 Å². The molecule has 2 aliphatic rings. The van der Waals surface area contributed by atoms with Gasteiger partial charge in [0.15, 0.2) is 11.5 Å². The SMILES string of the molecule is CCCc1ccccc1.CNC(=O)CNC(=O)C1CN(C(=O)Cc2c[nH]c3cnccc23)CC2CN(C(=O)c3ccc(OC(C)C)c(OC)c3)CC21. The molecule has 0 bridgehead atoms. The Kier molecular flexibility index (Phi) is 12.9. The van der Waals surface area contributed by atoms with Gasteiger partial charge < -0.3 is 34.9 Å². The first-order chi connectivity index (χ1) is 25.1. The molecule has 0 aliphatic carbocycles. The number of hydrogen-bond donors (Lipinski definition) is 3. The van der Waals surface area contributed by atoms with E-state index in [1.54, 1.807) is 40.4 Å². The Morgan fingerprint density at radius 2 is 1.75 bits per heavy atom. The molecular weight excluding hydrogens is 660 g/mol. The summed E-state index contributed by atoms with van der Waals surface area (Å²) in [5.74, 6) is -0.727. The zero-order valence-corrected chi connectivity index (χ0v) is 30.7. The van der Waals surface area contributed by atoms with Gasteiger partial charge in [0.2, 0.25) is 17.7 Å². The van der Waals surface area contributed by atoms with Gasteiger partial charge in [-0.15, -0.1) is 0 Å². The number of likely N-dealkylation sites (N-methyl/N-ethyl adjacent to an activating group) is 1. The second-order valence-corrected chi connectivity index (χ2v) is 13.6. The van der Waals surface area contributed by atoms with Gasteiger partial charge in [-0.2, -0.15) is 0 Å². The third kappa shape index (κ3) is 9.28. The number of carbonyl (C=O) groups is 4. The number of fused-ring (bicyclic) bond motifs is 2. The van der Waals surface area contributed by atoms with E-state index in [1.807, 2.05) is 26.1 Å². The van der Waals surface area contributed by atoms with E-state index in [4.69, 9.17) is 9.47 Å². The van der Waals surface area contributed by atoms with Crippen molar-refractivity contribution in [1.82, 2.24) is 30.4 Å². The van der Waals surface area contributed by atoms with Crippen LogP contribution in [-0.2, 0) is 27.2 Å². The second-order valence-electron chi connectivity index (χ2n) is 13.6. The molecule has 12 heteroatoms. The second kappa shape index (κ2) is 17.7. The Morgan fingerprint density at radius 1 is 0.981 bits per heavy atom. The summed E-state index contributed by atoms with van der Waals surface area (Å²) in [4.78, 5) is 63.2. The van der Waals surface area contributed by atoms with Crippen molar-refractivity contribution < 1.29 is 28.7 Å². The van der Waals surface area contributed by atoms with Crippen LogP contribution in [0.2, 0.25) is 0 Å². The number of pyridine rings is 1. The number of ether oxygens (including phenoxy) is 2. The Bertz CT molecular complexity index is 1840. The van der Waals surface area contributed by atoms with Gasteiger partial charge in [0.05, 0.1) is 43.8 Å². The van der Waals surface area contributed by atoms with Gasteiger partial charge in [0.25, 0.3) is 5.91 Å². The standard InChI is InChI=1S/C31H38N6O6.C9H12/c1-18(2)43-26-6-5-19(9-27(26)42-4)31(41)37-15-21-14-36(17-24(23(21)16-37)30(40)35-13-28(38)32-3)29(39)10-20-11-34-25-12-33-8-7-22(20)25;1-2-6-9-7-4-3-5-8-9/h5-9,11-12,18,21,23-24,34H,10,13-17H2,1-4H3,(H,32,38)(H,35,40);3-5,7-8H,2,6H2,1H3. The van der Waals surface area contributed by atoms with E-state index in [0.717, 1.165) is 16.5 Å². The molecule has 52 heavy (non-hydrogen) atoms. The normalized spacial score (nSPS) is 17.9. The summed E-state index contributed by atoms with van der Waals surface area (Å²) in [5.41, 5.74) is 3.60. The first-order valence-electron chi connectivity index (χ1n) is 18.0. The predicted molar refractivity (Wildman–Crippen MR) is 199 cm³/mol. The molecule has 2 aromatic heterocycles. The molecule has 3 N–H and O–H groups in total. The lowest BCUT2D eigenvalue weighted by Crippen LogP contribution is -2.54. The summed E-state index contributed by atoms with van der Waals surface area (Å²) in [5, 5.41) is 6.15. The summed E-state index contributed by atoms with van der Waals surface area (Å²) in [6.45, 7) is 7.28. The van der Waals surface area contributed by atoms with Crippen molar-refractivity contribution in [3.63, 3.8) is 0 Å². The summed E-state index contributed by atoms with van der Waals surface area (Å²) in [6, 6.07) is 17.5. The van der Waals surface area contributed by atoms with Gasteiger partial charge in [-0.1, -0.05) is 43.7 Å². The number of nitrogens with one attached hydrogen (secondary N) is 3. The van der Waals surface area contributed by atoms with Crippen LogP contribution in [0.5, 0.6) is 11.5 Å². The van der Waals surface area contributed by atoms with E-state index in [-0.39, 0.29) is 61.1 Å². The molecule has 276 valence electrons. The van der Waals surface area contributed by atoms with Crippen molar-refractivity contribution in [2.45, 2.75) is 46.1 Å². The fourth-order valence-electron chi connectivity index (χ4n) is 7.03. The van der Waals surface area contributed by atoms with Crippen LogP contribution in [-0.4, -0.2) is 96.4 Å². The number of carbonyl (C=O) groups excluding carboxylic acids is 4. The number of amides is 4. The molecule has 2 aliphatic heterocycles. The first-order valence-corrected chi connectivity index (χ1v) is 18.0. The number of H-pyrrole nitrogens is 1. The summed E-state index contributed by atoms with van der Waals surface area (Å²) in [7, 11) is 3.03. The molecule has 4 aromatic rings. The lowest BCUT2D eigenvalue weighted by atomic mass is 9.79. The van der Waals surface area contributed by atoms with Crippen LogP contribution < -0.4 is 20.1 Å². The third-order valence-electron chi connectivity index (χ3n) is 9.62. The number of aryl methyl sites for hydroxylation is 1. The molecule has 12 nitrogen and oxygen atoms in total. The lowest BCUT2D eigenvalue weighted by Gasteiger charge is -2.39.